The molecule has 0 bridgehead atoms. The maximum Gasteiger partial charge on any atom is 0.343 e. The summed E-state index contributed by atoms with van der Waals surface area (Å²) < 4.78 is 0. The van der Waals surface area contributed by atoms with E-state index in [-0.39, 0.29) is 11.1 Å². The maximum atomic E-state index is 11.6. The van der Waals surface area contributed by atoms with Crippen molar-refractivity contribution in [1.29, 1.82) is 0 Å². The molecule has 0 aliphatic carbocycles. The molecule has 0 atom stereocenters. The van der Waals surface area contributed by atoms with Crippen LogP contribution in [-0.2, 0) is 10.8 Å². The summed E-state index contributed by atoms with van der Waals surface area (Å²) in [5.74, 6) is -7.48. The van der Waals surface area contributed by atoms with Crippen molar-refractivity contribution in [1.82, 2.24) is 0 Å². The first-order valence-electron chi connectivity index (χ1n) is 9.48. The average molecular weight is 450 g/mol. The summed E-state index contributed by atoms with van der Waals surface area (Å²) in [5, 5.41) is 59.9. The van der Waals surface area contributed by atoms with E-state index < -0.39 is 68.4 Å². The van der Waals surface area contributed by atoms with Crippen LogP contribution in [0.4, 0.5) is 0 Å². The van der Waals surface area contributed by atoms with Gasteiger partial charge in [0.25, 0.3) is 0 Å². The minimum Gasteiger partial charge on any atom is -0.507 e. The Bertz CT molecular complexity index is 1090. The predicted octanol–water partition coefficient (Wildman–Crippen LogP) is 3.87. The topological polar surface area (TPSA) is 174 Å². The van der Waals surface area contributed by atoms with Crippen molar-refractivity contribution in [2.24, 2.45) is 0 Å². The van der Waals surface area contributed by atoms with Gasteiger partial charge in [0.05, 0.1) is 0 Å². The molecule has 32 heavy (non-hydrogen) atoms. The highest BCUT2D eigenvalue weighted by Crippen LogP contribution is 2.46. The average Bonchev–Trinajstić information content (AvgIpc) is 2.61. The first kappa shape index (κ1) is 24.4. The third-order valence-corrected chi connectivity index (χ3v) is 4.74. The number of aromatic carboxylic acids is 2. The fourth-order valence-electron chi connectivity index (χ4n) is 3.07. The summed E-state index contributed by atoms with van der Waals surface area (Å²) in [6, 6.07) is 2.32. The number of aromatic hydroxyl groups is 4. The van der Waals surface area contributed by atoms with E-state index in [2.05, 4.69) is 0 Å². The number of rotatable bonds is 5. The van der Waals surface area contributed by atoms with Crippen molar-refractivity contribution >= 4 is 11.9 Å². The molecule has 2 aromatic carbocycles. The maximum absolute atomic E-state index is 11.6. The van der Waals surface area contributed by atoms with E-state index >= 15 is 0 Å². The van der Waals surface area contributed by atoms with E-state index in [0.717, 1.165) is 6.07 Å². The molecular formula is C22H26O10. The van der Waals surface area contributed by atoms with Gasteiger partial charge in [0.15, 0.2) is 11.5 Å². The van der Waals surface area contributed by atoms with E-state index in [9.17, 15) is 40.2 Å². The second-order valence-corrected chi connectivity index (χ2v) is 9.27. The zero-order valence-corrected chi connectivity index (χ0v) is 18.5. The van der Waals surface area contributed by atoms with Crippen LogP contribution in [0.3, 0.4) is 0 Å². The van der Waals surface area contributed by atoms with Crippen molar-refractivity contribution in [2.45, 2.75) is 52.4 Å². The van der Waals surface area contributed by atoms with Gasteiger partial charge in [0.2, 0.25) is 17.2 Å². The van der Waals surface area contributed by atoms with Crippen LogP contribution in [0.1, 0.15) is 73.4 Å². The molecule has 0 aromatic heterocycles. The van der Waals surface area contributed by atoms with Gasteiger partial charge < -0.3 is 30.6 Å². The lowest BCUT2D eigenvalue weighted by molar-refractivity contribution is -0.104. The van der Waals surface area contributed by atoms with Gasteiger partial charge in [-0.25, -0.2) is 9.59 Å². The molecule has 0 spiro atoms. The van der Waals surface area contributed by atoms with E-state index in [1.54, 1.807) is 41.5 Å². The Morgan fingerprint density at radius 2 is 1.03 bits per heavy atom. The smallest absolute Gasteiger partial charge is 0.343 e. The van der Waals surface area contributed by atoms with Crippen molar-refractivity contribution < 1.29 is 50.0 Å². The summed E-state index contributed by atoms with van der Waals surface area (Å²) >= 11 is 0. The first-order valence-corrected chi connectivity index (χ1v) is 9.48. The van der Waals surface area contributed by atoms with Gasteiger partial charge in [-0.2, -0.15) is 0 Å². The van der Waals surface area contributed by atoms with Gasteiger partial charge in [-0.3, -0.25) is 9.78 Å². The Balaban J connectivity index is 2.62. The molecule has 0 fully saturated rings. The third kappa shape index (κ3) is 4.43. The molecule has 2 rings (SSSR count). The minimum absolute atomic E-state index is 0.121. The number of carbonyl (C=O) groups is 2. The molecule has 0 amide bonds. The molecule has 0 unspecified atom stereocenters. The summed E-state index contributed by atoms with van der Waals surface area (Å²) in [7, 11) is 0. The standard InChI is InChI=1S/C22H26O10/c1-21(2,3)9-7-12(17(25)18(26)13(9)19(27)28)32-31-11-8-10(22(4,5)6)15(23)14(16(11)24)20(29)30/h7-8,23-26H,1-6H3,(H,27,28)(H,29,30). The molecule has 0 saturated carbocycles. The van der Waals surface area contributed by atoms with Crippen LogP contribution in [-0.4, -0.2) is 42.6 Å². The van der Waals surface area contributed by atoms with Gasteiger partial charge in [-0.05, 0) is 28.5 Å². The van der Waals surface area contributed by atoms with Crippen molar-refractivity contribution in [3.05, 3.63) is 34.4 Å². The second kappa shape index (κ2) is 8.03. The molecule has 10 heteroatoms. The van der Waals surface area contributed by atoms with E-state index in [4.69, 9.17) is 9.78 Å². The second-order valence-electron chi connectivity index (χ2n) is 9.27. The van der Waals surface area contributed by atoms with Crippen molar-refractivity contribution in [3.63, 3.8) is 0 Å². The van der Waals surface area contributed by atoms with Crippen LogP contribution in [0.15, 0.2) is 12.1 Å². The lowest BCUT2D eigenvalue weighted by Crippen LogP contribution is -2.18. The molecule has 0 aliphatic rings. The zero-order chi connectivity index (χ0) is 24.8. The number of hydrogen-bond acceptors (Lipinski definition) is 8. The van der Waals surface area contributed by atoms with Crippen molar-refractivity contribution in [2.75, 3.05) is 0 Å². The number of phenolic OH excluding ortho intramolecular Hbond substituents is 1. The molecule has 0 aliphatic heterocycles. The van der Waals surface area contributed by atoms with E-state index in [0.29, 0.717) is 0 Å². The van der Waals surface area contributed by atoms with Crippen molar-refractivity contribution in [3.8, 4) is 34.5 Å². The number of phenols is 4. The fourth-order valence-corrected chi connectivity index (χ4v) is 3.07. The van der Waals surface area contributed by atoms with Gasteiger partial charge in [0, 0.05) is 5.56 Å². The first-order chi connectivity index (χ1) is 14.5. The van der Waals surface area contributed by atoms with Gasteiger partial charge in [-0.1, -0.05) is 41.5 Å². The zero-order valence-electron chi connectivity index (χ0n) is 18.5. The SMILES string of the molecule is CC(C)(C)c1cc(OOc2cc(C(C)(C)C)c(C(=O)O)c(O)c2O)c(O)c(C(=O)O)c1O. The Kier molecular flexibility index (Phi) is 6.13. The molecule has 2 aromatic rings. The van der Waals surface area contributed by atoms with Crippen LogP contribution < -0.4 is 9.78 Å². The van der Waals surface area contributed by atoms with Gasteiger partial charge >= 0.3 is 11.9 Å². The van der Waals surface area contributed by atoms with Crippen LogP contribution >= 0.6 is 0 Å². The van der Waals surface area contributed by atoms with Crippen LogP contribution in [0.2, 0.25) is 0 Å². The molecular weight excluding hydrogens is 424 g/mol. The monoisotopic (exact) mass is 450 g/mol. The number of carboxylic acids is 2. The van der Waals surface area contributed by atoms with E-state index in [1.807, 2.05) is 0 Å². The molecule has 10 nitrogen and oxygen atoms in total. The highest BCUT2D eigenvalue weighted by molar-refractivity contribution is 5.96. The molecule has 6 N–H and O–H groups in total. The highest BCUT2D eigenvalue weighted by atomic mass is 17.2. The molecule has 0 heterocycles. The lowest BCUT2D eigenvalue weighted by atomic mass is 9.83. The normalized spacial score (nSPS) is 11.8. The number of carboxylic acid groups (broad SMARTS) is 2. The van der Waals surface area contributed by atoms with Gasteiger partial charge in [0.1, 0.15) is 16.9 Å². The number of benzene rings is 2. The Morgan fingerprint density at radius 1 is 0.625 bits per heavy atom. The highest BCUT2D eigenvalue weighted by Gasteiger charge is 2.32. The summed E-state index contributed by atoms with van der Waals surface area (Å²) in [6.45, 7) is 10.1. The largest absolute Gasteiger partial charge is 0.507 e. The quantitative estimate of drug-likeness (QED) is 0.223. The molecule has 0 saturated heterocycles. The molecule has 0 radical (unpaired) electrons. The Labute approximate surface area is 183 Å². The number of hydrogen-bond donors (Lipinski definition) is 6. The van der Waals surface area contributed by atoms with Crippen LogP contribution in [0, 0.1) is 0 Å². The molecule has 174 valence electrons. The lowest BCUT2D eigenvalue weighted by Gasteiger charge is -2.24. The summed E-state index contributed by atoms with van der Waals surface area (Å²) in [5.41, 5.74) is -2.60. The van der Waals surface area contributed by atoms with E-state index in [1.165, 1.54) is 6.07 Å². The minimum atomic E-state index is -1.61. The summed E-state index contributed by atoms with van der Waals surface area (Å²) in [6.07, 6.45) is 0. The fraction of sp³-hybridized carbons (Fsp3) is 0.364. The third-order valence-electron chi connectivity index (χ3n) is 4.74. The van der Waals surface area contributed by atoms with Gasteiger partial charge in [-0.15, -0.1) is 0 Å². The Morgan fingerprint density at radius 3 is 1.44 bits per heavy atom. The summed E-state index contributed by atoms with van der Waals surface area (Å²) in [4.78, 5) is 33.3. The predicted molar refractivity (Wildman–Crippen MR) is 112 cm³/mol. The van der Waals surface area contributed by atoms with Crippen LogP contribution in [0.5, 0.6) is 34.5 Å². The van der Waals surface area contributed by atoms with Crippen LogP contribution in [0.25, 0.3) is 0 Å². The Hall–Kier alpha value is -3.82.